The van der Waals surface area contributed by atoms with Crippen molar-refractivity contribution in [3.05, 3.63) is 34.0 Å². The van der Waals surface area contributed by atoms with Gasteiger partial charge in [-0.05, 0) is 37.4 Å². The van der Waals surface area contributed by atoms with Crippen LogP contribution < -0.4 is 22.5 Å². The van der Waals surface area contributed by atoms with E-state index in [1.165, 1.54) is 6.07 Å². The summed E-state index contributed by atoms with van der Waals surface area (Å²) in [7, 11) is 0. The van der Waals surface area contributed by atoms with Crippen molar-refractivity contribution in [2.24, 2.45) is 5.73 Å². The highest BCUT2D eigenvalue weighted by Gasteiger charge is 2.19. The summed E-state index contributed by atoms with van der Waals surface area (Å²) in [6.45, 7) is 3.27. The molecule has 0 radical (unpaired) electrons. The summed E-state index contributed by atoms with van der Waals surface area (Å²) in [6.07, 6.45) is 4.62. The molecule has 0 saturated carbocycles. The van der Waals surface area contributed by atoms with Crippen LogP contribution in [0.3, 0.4) is 0 Å². The number of nitrogen functional groups attached to an aromatic ring is 2. The quantitative estimate of drug-likeness (QED) is 0.281. The minimum atomic E-state index is -0.403. The third kappa shape index (κ3) is 5.27. The van der Waals surface area contributed by atoms with Gasteiger partial charge in [-0.3, -0.25) is 10.1 Å². The molecule has 0 bridgehead atoms. The standard InChI is InChI=1S/C18H27N7O2/c1-2-13-16(17(20)24-18(21)23-13)12-7-8-14(15(11-12)25(26)27)22-10-6-4-3-5-9-19/h7-8,11,22H,2-6,9-10,19H2,1H3,(H4,20,21,23,24). The molecular formula is C18H27N7O2. The highest BCUT2D eigenvalue weighted by Crippen LogP contribution is 2.34. The highest BCUT2D eigenvalue weighted by molar-refractivity contribution is 5.81. The molecule has 0 spiro atoms. The molecule has 0 atom stereocenters. The Kier molecular flexibility index (Phi) is 7.30. The average molecular weight is 373 g/mol. The molecule has 9 nitrogen and oxygen atoms in total. The van der Waals surface area contributed by atoms with Crippen LogP contribution in [0.15, 0.2) is 18.2 Å². The Morgan fingerprint density at radius 1 is 1.15 bits per heavy atom. The first-order chi connectivity index (χ1) is 13.0. The van der Waals surface area contributed by atoms with Gasteiger partial charge in [0.15, 0.2) is 0 Å². The fourth-order valence-electron chi connectivity index (χ4n) is 2.95. The van der Waals surface area contributed by atoms with E-state index in [1.807, 2.05) is 6.92 Å². The van der Waals surface area contributed by atoms with Crippen LogP contribution in [-0.4, -0.2) is 28.0 Å². The fourth-order valence-corrected chi connectivity index (χ4v) is 2.95. The second-order valence-electron chi connectivity index (χ2n) is 6.26. The number of nitrogens with zero attached hydrogens (tertiary/aromatic N) is 3. The Morgan fingerprint density at radius 2 is 1.89 bits per heavy atom. The maximum Gasteiger partial charge on any atom is 0.292 e. The van der Waals surface area contributed by atoms with Crippen molar-refractivity contribution < 1.29 is 4.92 Å². The Bertz CT molecular complexity index is 796. The number of aromatic nitrogens is 2. The zero-order valence-corrected chi connectivity index (χ0v) is 15.6. The third-order valence-corrected chi connectivity index (χ3v) is 4.29. The van der Waals surface area contributed by atoms with Gasteiger partial charge in [0.05, 0.1) is 10.6 Å². The molecule has 9 heteroatoms. The Labute approximate surface area is 158 Å². The van der Waals surface area contributed by atoms with E-state index in [-0.39, 0.29) is 17.5 Å². The molecule has 1 aromatic carbocycles. The molecule has 7 N–H and O–H groups in total. The van der Waals surface area contributed by atoms with Crippen molar-refractivity contribution in [1.29, 1.82) is 0 Å². The van der Waals surface area contributed by atoms with E-state index in [9.17, 15) is 10.1 Å². The lowest BCUT2D eigenvalue weighted by Crippen LogP contribution is -2.07. The Balaban J connectivity index is 2.24. The first-order valence-electron chi connectivity index (χ1n) is 9.12. The van der Waals surface area contributed by atoms with Gasteiger partial charge >= 0.3 is 0 Å². The SMILES string of the molecule is CCc1nc(N)nc(N)c1-c1ccc(NCCCCCCN)c([N+](=O)[O-])c1. The smallest absolute Gasteiger partial charge is 0.292 e. The predicted molar refractivity (Wildman–Crippen MR) is 108 cm³/mol. The molecule has 1 heterocycles. The van der Waals surface area contributed by atoms with Gasteiger partial charge in [-0.2, -0.15) is 4.98 Å². The first kappa shape index (κ1) is 20.4. The van der Waals surface area contributed by atoms with Crippen molar-refractivity contribution in [2.45, 2.75) is 39.0 Å². The van der Waals surface area contributed by atoms with E-state index in [0.717, 1.165) is 25.7 Å². The number of nitro benzene ring substituents is 1. The van der Waals surface area contributed by atoms with Crippen LogP contribution in [0.2, 0.25) is 0 Å². The van der Waals surface area contributed by atoms with Gasteiger partial charge in [0.2, 0.25) is 5.95 Å². The number of unbranched alkanes of at least 4 members (excludes halogenated alkanes) is 3. The number of benzene rings is 1. The van der Waals surface area contributed by atoms with Crippen LogP contribution in [0, 0.1) is 10.1 Å². The lowest BCUT2D eigenvalue weighted by atomic mass is 10.0. The largest absolute Gasteiger partial charge is 0.383 e. The third-order valence-electron chi connectivity index (χ3n) is 4.29. The van der Waals surface area contributed by atoms with E-state index in [1.54, 1.807) is 12.1 Å². The monoisotopic (exact) mass is 373 g/mol. The van der Waals surface area contributed by atoms with E-state index < -0.39 is 4.92 Å². The molecule has 27 heavy (non-hydrogen) atoms. The van der Waals surface area contributed by atoms with Crippen molar-refractivity contribution >= 4 is 23.1 Å². The average Bonchev–Trinajstić information content (AvgIpc) is 2.64. The lowest BCUT2D eigenvalue weighted by molar-refractivity contribution is -0.383. The summed E-state index contributed by atoms with van der Waals surface area (Å²) in [5.41, 5.74) is 19.5. The topological polar surface area (TPSA) is 159 Å². The van der Waals surface area contributed by atoms with E-state index in [0.29, 0.717) is 42.0 Å². The summed E-state index contributed by atoms with van der Waals surface area (Å²) < 4.78 is 0. The second kappa shape index (κ2) is 9.67. The zero-order chi connectivity index (χ0) is 19.8. The van der Waals surface area contributed by atoms with Crippen molar-refractivity contribution in [3.8, 4) is 11.1 Å². The molecule has 0 aliphatic carbocycles. The molecule has 0 fully saturated rings. The highest BCUT2D eigenvalue weighted by atomic mass is 16.6. The molecule has 146 valence electrons. The summed E-state index contributed by atoms with van der Waals surface area (Å²) in [4.78, 5) is 19.3. The molecule has 1 aromatic heterocycles. The number of anilines is 3. The van der Waals surface area contributed by atoms with Crippen molar-refractivity contribution in [2.75, 3.05) is 29.9 Å². The zero-order valence-electron chi connectivity index (χ0n) is 15.6. The summed E-state index contributed by atoms with van der Waals surface area (Å²) in [5.74, 6) is 0.310. The van der Waals surface area contributed by atoms with Gasteiger partial charge in [0, 0.05) is 18.2 Å². The summed E-state index contributed by atoms with van der Waals surface area (Å²) >= 11 is 0. The van der Waals surface area contributed by atoms with Gasteiger partial charge in [0.1, 0.15) is 11.5 Å². The number of nitro groups is 1. The van der Waals surface area contributed by atoms with Crippen LogP contribution in [0.5, 0.6) is 0 Å². The number of hydrogen-bond acceptors (Lipinski definition) is 8. The van der Waals surface area contributed by atoms with Crippen LogP contribution in [0.1, 0.15) is 38.3 Å². The van der Waals surface area contributed by atoms with Crippen LogP contribution >= 0.6 is 0 Å². The van der Waals surface area contributed by atoms with E-state index in [2.05, 4.69) is 15.3 Å². The molecule has 2 rings (SSSR count). The second-order valence-corrected chi connectivity index (χ2v) is 6.26. The minimum Gasteiger partial charge on any atom is -0.383 e. The van der Waals surface area contributed by atoms with Gasteiger partial charge in [0.25, 0.3) is 5.69 Å². The Hall–Kier alpha value is -2.94. The number of hydrogen-bond donors (Lipinski definition) is 4. The van der Waals surface area contributed by atoms with Crippen molar-refractivity contribution in [1.82, 2.24) is 9.97 Å². The molecule has 2 aromatic rings. The molecule has 0 aliphatic heterocycles. The van der Waals surface area contributed by atoms with Gasteiger partial charge in [-0.25, -0.2) is 4.98 Å². The predicted octanol–water partition coefficient (Wildman–Crippen LogP) is 2.71. The normalized spacial score (nSPS) is 10.7. The van der Waals surface area contributed by atoms with Gasteiger partial charge in [-0.1, -0.05) is 25.8 Å². The van der Waals surface area contributed by atoms with Gasteiger partial charge < -0.3 is 22.5 Å². The molecule has 0 saturated heterocycles. The Morgan fingerprint density at radius 3 is 2.56 bits per heavy atom. The number of rotatable bonds is 10. The van der Waals surface area contributed by atoms with Gasteiger partial charge in [-0.15, -0.1) is 0 Å². The van der Waals surface area contributed by atoms with Crippen LogP contribution in [0.4, 0.5) is 23.1 Å². The maximum absolute atomic E-state index is 11.5. The first-order valence-corrected chi connectivity index (χ1v) is 9.12. The molecular weight excluding hydrogens is 346 g/mol. The number of nitrogens with two attached hydrogens (primary N) is 3. The fraction of sp³-hybridized carbons (Fsp3) is 0.444. The summed E-state index contributed by atoms with van der Waals surface area (Å²) in [6, 6.07) is 4.98. The van der Waals surface area contributed by atoms with Crippen molar-refractivity contribution in [3.63, 3.8) is 0 Å². The maximum atomic E-state index is 11.5. The molecule has 0 amide bonds. The number of aryl methyl sites for hydroxylation is 1. The lowest BCUT2D eigenvalue weighted by Gasteiger charge is -2.12. The molecule has 0 unspecified atom stereocenters. The van der Waals surface area contributed by atoms with Crippen LogP contribution in [-0.2, 0) is 6.42 Å². The summed E-state index contributed by atoms with van der Waals surface area (Å²) in [5, 5.41) is 14.7. The van der Waals surface area contributed by atoms with E-state index in [4.69, 9.17) is 17.2 Å². The molecule has 0 aliphatic rings. The number of nitrogens with one attached hydrogen (secondary N) is 1. The van der Waals surface area contributed by atoms with E-state index >= 15 is 0 Å². The minimum absolute atomic E-state index is 0.00673. The van der Waals surface area contributed by atoms with Crippen LogP contribution in [0.25, 0.3) is 11.1 Å².